The Labute approximate surface area is 155 Å². The molecule has 3 aromatic heterocycles. The molecule has 1 aliphatic rings. The second-order valence-corrected chi connectivity index (χ2v) is 8.76. The minimum Gasteiger partial charge on any atom is -0.492 e. The van der Waals surface area contributed by atoms with Gasteiger partial charge in [0.25, 0.3) is 0 Å². The quantitative estimate of drug-likeness (QED) is 0.601. The van der Waals surface area contributed by atoms with E-state index in [9.17, 15) is 5.11 Å². The van der Waals surface area contributed by atoms with Gasteiger partial charge in [-0.25, -0.2) is 4.98 Å². The van der Waals surface area contributed by atoms with Crippen molar-refractivity contribution in [3.63, 3.8) is 0 Å². The predicted molar refractivity (Wildman–Crippen MR) is 100 cm³/mol. The maximum atomic E-state index is 10.8. The summed E-state index contributed by atoms with van der Waals surface area (Å²) in [6.07, 6.45) is 0. The average Bonchev–Trinajstić information content (AvgIpc) is 3.27. The average molecular weight is 380 g/mol. The second kappa shape index (κ2) is 6.68. The number of piperazine rings is 1. The Morgan fingerprint density at radius 3 is 2.60 bits per heavy atom. The van der Waals surface area contributed by atoms with E-state index in [1.807, 2.05) is 6.92 Å². The SMILES string of the molecule is CC[NH+]1CC[NH+]([C@@H](c2sccc2C)c2sc3nc(C)nn3c2O)CC1. The van der Waals surface area contributed by atoms with E-state index in [1.54, 1.807) is 37.0 Å². The molecule has 0 aromatic carbocycles. The Morgan fingerprint density at radius 2 is 2.00 bits per heavy atom. The monoisotopic (exact) mass is 379 g/mol. The standard InChI is InChI=1S/C17H23N5OS2/c1-4-20-6-8-21(9-7-20)13(14-11(2)5-10-24-14)15-16(23)22-17(25-15)18-12(3)19-22/h5,10,13,23H,4,6-9H2,1-3H3/p+2/t13-/m0/s1. The molecule has 0 amide bonds. The third kappa shape index (κ3) is 2.97. The van der Waals surface area contributed by atoms with Crippen molar-refractivity contribution in [3.05, 3.63) is 32.6 Å². The summed E-state index contributed by atoms with van der Waals surface area (Å²) in [7, 11) is 0. The number of likely N-dealkylation sites (N-methyl/N-ethyl adjacent to an activating group) is 1. The number of fused-ring (bicyclic) bond motifs is 1. The third-order valence-electron chi connectivity index (χ3n) is 5.24. The van der Waals surface area contributed by atoms with Crippen molar-refractivity contribution >= 4 is 27.6 Å². The van der Waals surface area contributed by atoms with Crippen molar-refractivity contribution in [2.75, 3.05) is 32.7 Å². The summed E-state index contributed by atoms with van der Waals surface area (Å²) in [6.45, 7) is 12.1. The van der Waals surface area contributed by atoms with Crippen LogP contribution in [0, 0.1) is 13.8 Å². The van der Waals surface area contributed by atoms with Crippen LogP contribution < -0.4 is 9.80 Å². The first-order chi connectivity index (χ1) is 12.1. The molecular formula is C17H25N5OS2+2. The molecule has 0 unspecified atom stereocenters. The van der Waals surface area contributed by atoms with Crippen LogP contribution >= 0.6 is 22.7 Å². The topological polar surface area (TPSA) is 59.3 Å². The smallest absolute Gasteiger partial charge is 0.235 e. The molecule has 1 saturated heterocycles. The summed E-state index contributed by atoms with van der Waals surface area (Å²) in [5.41, 5.74) is 1.31. The van der Waals surface area contributed by atoms with Crippen molar-refractivity contribution in [2.45, 2.75) is 26.8 Å². The van der Waals surface area contributed by atoms with Gasteiger partial charge in [-0.05, 0) is 37.8 Å². The van der Waals surface area contributed by atoms with Crippen molar-refractivity contribution in [3.8, 4) is 5.88 Å². The fraction of sp³-hybridized carbons (Fsp3) is 0.529. The summed E-state index contributed by atoms with van der Waals surface area (Å²) in [6, 6.07) is 2.35. The molecule has 3 N–H and O–H groups in total. The molecule has 0 spiro atoms. The van der Waals surface area contributed by atoms with E-state index in [0.717, 1.165) is 22.9 Å². The minimum absolute atomic E-state index is 0.173. The number of rotatable bonds is 4. The predicted octanol–water partition coefficient (Wildman–Crippen LogP) is 0.0674. The first-order valence-electron chi connectivity index (χ1n) is 8.85. The molecule has 0 radical (unpaired) electrons. The van der Waals surface area contributed by atoms with Gasteiger partial charge in [0.1, 0.15) is 36.9 Å². The molecule has 0 bridgehead atoms. The first kappa shape index (κ1) is 17.0. The van der Waals surface area contributed by atoms with E-state index in [0.29, 0.717) is 5.82 Å². The van der Waals surface area contributed by atoms with Crippen LogP contribution in [-0.4, -0.2) is 52.4 Å². The van der Waals surface area contributed by atoms with Crippen LogP contribution in [0.15, 0.2) is 11.4 Å². The van der Waals surface area contributed by atoms with Crippen LogP contribution in [0.2, 0.25) is 0 Å². The van der Waals surface area contributed by atoms with Gasteiger partial charge in [-0.1, -0.05) is 11.3 Å². The van der Waals surface area contributed by atoms with Gasteiger partial charge in [-0.3, -0.25) is 0 Å². The lowest BCUT2D eigenvalue weighted by Gasteiger charge is -2.33. The molecular weight excluding hydrogens is 354 g/mol. The zero-order valence-electron chi connectivity index (χ0n) is 14.9. The molecule has 4 rings (SSSR count). The van der Waals surface area contributed by atoms with Gasteiger partial charge >= 0.3 is 0 Å². The molecule has 1 aliphatic heterocycles. The Morgan fingerprint density at radius 1 is 1.24 bits per heavy atom. The molecule has 1 fully saturated rings. The summed E-state index contributed by atoms with van der Waals surface area (Å²) in [5, 5.41) is 17.4. The number of aryl methyl sites for hydroxylation is 2. The van der Waals surface area contributed by atoms with E-state index < -0.39 is 0 Å². The van der Waals surface area contributed by atoms with Gasteiger partial charge in [0.05, 0.1) is 11.4 Å². The van der Waals surface area contributed by atoms with Crippen molar-refractivity contribution in [1.82, 2.24) is 14.6 Å². The van der Waals surface area contributed by atoms with Crippen molar-refractivity contribution < 1.29 is 14.9 Å². The fourth-order valence-electron chi connectivity index (χ4n) is 3.77. The van der Waals surface area contributed by atoms with Crippen LogP contribution in [0.4, 0.5) is 0 Å². The minimum atomic E-state index is 0.173. The van der Waals surface area contributed by atoms with Crippen LogP contribution in [0.1, 0.15) is 34.1 Å². The lowest BCUT2D eigenvalue weighted by atomic mass is 10.1. The largest absolute Gasteiger partial charge is 0.492 e. The molecule has 0 aliphatic carbocycles. The molecule has 6 nitrogen and oxygen atoms in total. The molecule has 4 heterocycles. The lowest BCUT2D eigenvalue weighted by molar-refractivity contribution is -1.02. The summed E-state index contributed by atoms with van der Waals surface area (Å²) >= 11 is 3.37. The number of quaternary nitrogens is 2. The van der Waals surface area contributed by atoms with Gasteiger partial charge in [0.2, 0.25) is 10.8 Å². The number of hydrogen-bond donors (Lipinski definition) is 3. The lowest BCUT2D eigenvalue weighted by Crippen LogP contribution is -3.28. The van der Waals surface area contributed by atoms with Crippen molar-refractivity contribution in [2.24, 2.45) is 0 Å². The molecule has 134 valence electrons. The Bertz CT molecular complexity index is 875. The van der Waals surface area contributed by atoms with Crippen LogP contribution in [0.25, 0.3) is 4.96 Å². The normalized spacial score (nSPS) is 22.5. The highest BCUT2D eigenvalue weighted by molar-refractivity contribution is 7.17. The Hall–Kier alpha value is -1.48. The van der Waals surface area contributed by atoms with Crippen molar-refractivity contribution in [1.29, 1.82) is 0 Å². The van der Waals surface area contributed by atoms with E-state index in [-0.39, 0.29) is 11.9 Å². The molecule has 8 heteroatoms. The summed E-state index contributed by atoms with van der Waals surface area (Å²) in [4.78, 5) is 10.8. The van der Waals surface area contributed by atoms with E-state index in [4.69, 9.17) is 0 Å². The maximum Gasteiger partial charge on any atom is 0.235 e. The first-order valence-corrected chi connectivity index (χ1v) is 10.5. The van der Waals surface area contributed by atoms with Gasteiger partial charge in [-0.2, -0.15) is 4.52 Å². The number of thiazole rings is 1. The Kier molecular flexibility index (Phi) is 4.53. The van der Waals surface area contributed by atoms with E-state index in [2.05, 4.69) is 35.4 Å². The number of nitrogens with one attached hydrogen (secondary N) is 2. The van der Waals surface area contributed by atoms with Crippen LogP contribution in [0.3, 0.4) is 0 Å². The zero-order valence-corrected chi connectivity index (χ0v) is 16.5. The third-order valence-corrected chi connectivity index (χ3v) is 7.41. The van der Waals surface area contributed by atoms with Gasteiger partial charge < -0.3 is 14.9 Å². The van der Waals surface area contributed by atoms with E-state index in [1.165, 1.54) is 30.1 Å². The second-order valence-electron chi connectivity index (χ2n) is 6.81. The number of nitrogens with zero attached hydrogens (tertiary/aromatic N) is 3. The molecule has 25 heavy (non-hydrogen) atoms. The molecule has 0 saturated carbocycles. The summed E-state index contributed by atoms with van der Waals surface area (Å²) < 4.78 is 1.60. The van der Waals surface area contributed by atoms with Gasteiger partial charge in [0.15, 0.2) is 6.04 Å². The van der Waals surface area contributed by atoms with Crippen LogP contribution in [-0.2, 0) is 0 Å². The van der Waals surface area contributed by atoms with Crippen LogP contribution in [0.5, 0.6) is 5.88 Å². The highest BCUT2D eigenvalue weighted by atomic mass is 32.1. The highest BCUT2D eigenvalue weighted by Gasteiger charge is 2.37. The summed E-state index contributed by atoms with van der Waals surface area (Å²) in [5.74, 6) is 0.959. The number of hydrogen-bond acceptors (Lipinski definition) is 5. The number of aromatic nitrogens is 3. The van der Waals surface area contributed by atoms with E-state index >= 15 is 0 Å². The highest BCUT2D eigenvalue weighted by Crippen LogP contribution is 2.37. The zero-order chi connectivity index (χ0) is 17.6. The van der Waals surface area contributed by atoms with Gasteiger partial charge in [0, 0.05) is 0 Å². The van der Waals surface area contributed by atoms with Gasteiger partial charge in [-0.15, -0.1) is 16.4 Å². The maximum absolute atomic E-state index is 10.8. The molecule has 1 atom stereocenters. The number of aromatic hydroxyl groups is 1. The fourth-order valence-corrected chi connectivity index (χ4v) is 6.11. The Balaban J connectivity index is 1.76. The number of thiophene rings is 1. The molecule has 3 aromatic rings.